The molecule has 7 heteroatoms. The van der Waals surface area contributed by atoms with Crippen LogP contribution in [0.4, 0.5) is 17.5 Å². The van der Waals surface area contributed by atoms with Gasteiger partial charge in [0.15, 0.2) is 0 Å². The van der Waals surface area contributed by atoms with Crippen molar-refractivity contribution in [1.82, 2.24) is 14.5 Å². The first-order valence-corrected chi connectivity index (χ1v) is 10.7. The average Bonchev–Trinajstić information content (AvgIpc) is 2.99. The predicted molar refractivity (Wildman–Crippen MR) is 119 cm³/mol. The number of nitroso groups, excluding NO2 is 1. The Hall–Kier alpha value is -2.47. The summed E-state index contributed by atoms with van der Waals surface area (Å²) in [6.07, 6.45) is 5.80. The summed E-state index contributed by atoms with van der Waals surface area (Å²) in [4.78, 5) is 22.6. The van der Waals surface area contributed by atoms with Gasteiger partial charge in [0, 0.05) is 13.1 Å². The molecule has 0 spiro atoms. The number of halogens is 1. The highest BCUT2D eigenvalue weighted by Gasteiger charge is 2.27. The number of nitrogens with zero attached hydrogens (tertiary/aromatic N) is 5. The van der Waals surface area contributed by atoms with Crippen LogP contribution in [-0.2, 0) is 6.54 Å². The minimum atomic E-state index is 0.341. The van der Waals surface area contributed by atoms with Gasteiger partial charge < -0.3 is 4.57 Å². The van der Waals surface area contributed by atoms with E-state index >= 15 is 0 Å². The molecule has 0 radical (unpaired) electrons. The molecule has 2 aromatic heterocycles. The maximum Gasteiger partial charge on any atom is 0.212 e. The van der Waals surface area contributed by atoms with Crippen molar-refractivity contribution in [1.29, 1.82) is 0 Å². The van der Waals surface area contributed by atoms with Crippen LogP contribution in [0.15, 0.2) is 29.6 Å². The van der Waals surface area contributed by atoms with Gasteiger partial charge in [-0.2, -0.15) is 0 Å². The normalized spacial score (nSPS) is 14.3. The lowest BCUT2D eigenvalue weighted by Gasteiger charge is -2.23. The smallest absolute Gasteiger partial charge is 0.212 e. The Labute approximate surface area is 175 Å². The fraction of sp³-hybridized carbons (Fsp3) is 0.455. The molecular weight excluding hydrogens is 386 g/mol. The molecule has 0 N–H and O–H groups in total. The number of anilines is 2. The summed E-state index contributed by atoms with van der Waals surface area (Å²) >= 11 is 6.59. The molecule has 0 atom stereocenters. The first kappa shape index (κ1) is 19.8. The van der Waals surface area contributed by atoms with E-state index in [0.717, 1.165) is 67.1 Å². The van der Waals surface area contributed by atoms with E-state index in [9.17, 15) is 4.91 Å². The summed E-state index contributed by atoms with van der Waals surface area (Å²) in [5.74, 6) is 2.17. The fourth-order valence-corrected chi connectivity index (χ4v) is 4.62. The van der Waals surface area contributed by atoms with Crippen LogP contribution >= 0.6 is 11.6 Å². The Kier molecular flexibility index (Phi) is 5.54. The zero-order chi connectivity index (χ0) is 20.5. The molecule has 6 nitrogen and oxygen atoms in total. The van der Waals surface area contributed by atoms with Gasteiger partial charge in [0.05, 0.1) is 16.7 Å². The second-order valence-electron chi connectivity index (χ2n) is 7.69. The average molecular weight is 412 g/mol. The number of rotatable bonds is 5. The summed E-state index contributed by atoms with van der Waals surface area (Å²) in [5, 5.41) is 3.69. The van der Waals surface area contributed by atoms with Crippen molar-refractivity contribution in [3.05, 3.63) is 45.5 Å². The van der Waals surface area contributed by atoms with Gasteiger partial charge in [-0.15, -0.1) is 4.91 Å². The van der Waals surface area contributed by atoms with E-state index in [2.05, 4.69) is 39.5 Å². The van der Waals surface area contributed by atoms with Crippen LogP contribution in [0.3, 0.4) is 0 Å². The predicted octanol–water partition coefficient (Wildman–Crippen LogP) is 6.63. The zero-order valence-electron chi connectivity index (χ0n) is 17.2. The molecule has 152 valence electrons. The number of benzene rings is 1. The SMILES string of the molecule is CCC(CC)c1ccc(Cl)c2nc3n(c12)CCCCN3c1ncc(N=O)cc1C. The standard InChI is InChI=1S/C22H26ClN5O/c1-4-15(5-2)17-8-9-18(23)19-20(17)27-10-6-7-11-28(22(27)25-19)21-14(3)12-16(26-29)13-24-21/h8-9,12-13,15H,4-7,10-11H2,1-3H3. The Morgan fingerprint density at radius 1 is 1.21 bits per heavy atom. The minimum Gasteiger partial charge on any atom is -0.309 e. The summed E-state index contributed by atoms with van der Waals surface area (Å²) < 4.78 is 2.31. The Balaban J connectivity index is 1.94. The van der Waals surface area contributed by atoms with E-state index in [1.165, 1.54) is 11.8 Å². The number of pyridine rings is 1. The number of imidazole rings is 1. The summed E-state index contributed by atoms with van der Waals surface area (Å²) in [6, 6.07) is 5.92. The van der Waals surface area contributed by atoms with Crippen LogP contribution in [0.1, 0.15) is 56.6 Å². The Morgan fingerprint density at radius 2 is 1.97 bits per heavy atom. The first-order chi connectivity index (χ1) is 14.1. The van der Waals surface area contributed by atoms with Crippen LogP contribution in [-0.4, -0.2) is 21.1 Å². The molecule has 0 unspecified atom stereocenters. The van der Waals surface area contributed by atoms with Gasteiger partial charge >= 0.3 is 0 Å². The van der Waals surface area contributed by atoms with Crippen molar-refractivity contribution >= 4 is 40.1 Å². The van der Waals surface area contributed by atoms with E-state index in [1.807, 2.05) is 13.0 Å². The van der Waals surface area contributed by atoms with E-state index in [4.69, 9.17) is 16.6 Å². The molecule has 0 amide bonds. The lowest BCUT2D eigenvalue weighted by atomic mass is 9.93. The van der Waals surface area contributed by atoms with Gasteiger partial charge in [-0.25, -0.2) is 9.97 Å². The van der Waals surface area contributed by atoms with Crippen molar-refractivity contribution in [3.8, 4) is 0 Å². The van der Waals surface area contributed by atoms with Crippen molar-refractivity contribution in [2.75, 3.05) is 11.4 Å². The summed E-state index contributed by atoms with van der Waals surface area (Å²) in [5.41, 5.74) is 4.58. The van der Waals surface area contributed by atoms with Crippen LogP contribution < -0.4 is 4.90 Å². The molecule has 0 fully saturated rings. The van der Waals surface area contributed by atoms with Crippen molar-refractivity contribution < 1.29 is 0 Å². The molecule has 1 aromatic carbocycles. The van der Waals surface area contributed by atoms with Gasteiger partial charge in [0.25, 0.3) is 0 Å². The highest BCUT2D eigenvalue weighted by Crippen LogP contribution is 2.39. The van der Waals surface area contributed by atoms with Gasteiger partial charge in [-0.05, 0) is 67.0 Å². The van der Waals surface area contributed by atoms with Crippen molar-refractivity contribution in [2.45, 2.75) is 58.9 Å². The monoisotopic (exact) mass is 411 g/mol. The van der Waals surface area contributed by atoms with Gasteiger partial charge in [-0.1, -0.05) is 31.5 Å². The molecule has 1 aliphatic rings. The summed E-state index contributed by atoms with van der Waals surface area (Å²) in [7, 11) is 0. The molecule has 29 heavy (non-hydrogen) atoms. The quantitative estimate of drug-likeness (QED) is 0.442. The number of hydrogen-bond acceptors (Lipinski definition) is 5. The number of aromatic nitrogens is 3. The maximum atomic E-state index is 10.9. The van der Waals surface area contributed by atoms with Crippen molar-refractivity contribution in [3.63, 3.8) is 0 Å². The molecule has 0 saturated carbocycles. The molecule has 0 saturated heterocycles. The van der Waals surface area contributed by atoms with Crippen molar-refractivity contribution in [2.24, 2.45) is 5.18 Å². The molecule has 0 bridgehead atoms. The molecule has 3 aromatic rings. The minimum absolute atomic E-state index is 0.341. The van der Waals surface area contributed by atoms with Crippen LogP contribution in [0.5, 0.6) is 0 Å². The highest BCUT2D eigenvalue weighted by atomic mass is 35.5. The number of hydrogen-bond donors (Lipinski definition) is 0. The summed E-state index contributed by atoms with van der Waals surface area (Å²) in [6.45, 7) is 8.15. The molecular formula is C22H26ClN5O. The third-order valence-electron chi connectivity index (χ3n) is 5.93. The maximum absolute atomic E-state index is 10.9. The third-order valence-corrected chi connectivity index (χ3v) is 6.24. The van der Waals surface area contributed by atoms with Gasteiger partial charge in [0.2, 0.25) is 5.95 Å². The second kappa shape index (κ2) is 8.11. The number of aryl methyl sites for hydroxylation is 2. The van der Waals surface area contributed by atoms with Crippen LogP contribution in [0.25, 0.3) is 11.0 Å². The van der Waals surface area contributed by atoms with Crippen LogP contribution in [0, 0.1) is 11.8 Å². The van der Waals surface area contributed by atoms with Crippen LogP contribution in [0.2, 0.25) is 5.02 Å². The molecule has 0 aliphatic carbocycles. The van der Waals surface area contributed by atoms with Gasteiger partial charge in [0.1, 0.15) is 17.0 Å². The molecule has 3 heterocycles. The largest absolute Gasteiger partial charge is 0.309 e. The van der Waals surface area contributed by atoms with Gasteiger partial charge in [-0.3, -0.25) is 4.90 Å². The highest BCUT2D eigenvalue weighted by molar-refractivity contribution is 6.35. The molecule has 1 aliphatic heterocycles. The van der Waals surface area contributed by atoms with E-state index in [1.54, 1.807) is 6.07 Å². The molecule has 4 rings (SSSR count). The number of fused-ring (bicyclic) bond motifs is 3. The van der Waals surface area contributed by atoms with E-state index in [0.29, 0.717) is 16.6 Å². The lowest BCUT2D eigenvalue weighted by molar-refractivity contribution is 0.632. The first-order valence-electron chi connectivity index (χ1n) is 10.3. The Bertz CT molecular complexity index is 1060. The fourth-order valence-electron chi connectivity index (χ4n) is 4.42. The van der Waals surface area contributed by atoms with E-state index < -0.39 is 0 Å². The Morgan fingerprint density at radius 3 is 2.66 bits per heavy atom. The topological polar surface area (TPSA) is 63.4 Å². The van der Waals surface area contributed by atoms with E-state index in [-0.39, 0.29) is 0 Å². The second-order valence-corrected chi connectivity index (χ2v) is 8.10. The third kappa shape index (κ3) is 3.39. The zero-order valence-corrected chi connectivity index (χ0v) is 17.9. The lowest BCUT2D eigenvalue weighted by Crippen LogP contribution is -2.22.